The van der Waals surface area contributed by atoms with Crippen molar-refractivity contribution in [2.45, 2.75) is 26.3 Å². The summed E-state index contributed by atoms with van der Waals surface area (Å²) in [7, 11) is 1.28. The van der Waals surface area contributed by atoms with Crippen LogP contribution in [0.1, 0.15) is 36.8 Å². The molecule has 0 saturated carbocycles. The lowest BCUT2D eigenvalue weighted by Gasteiger charge is -2.13. The van der Waals surface area contributed by atoms with Gasteiger partial charge in [0.2, 0.25) is 0 Å². The maximum absolute atomic E-state index is 11.6. The minimum Gasteiger partial charge on any atom is -0.464 e. The van der Waals surface area contributed by atoms with Crippen LogP contribution in [-0.2, 0) is 14.3 Å². The van der Waals surface area contributed by atoms with E-state index in [1.165, 1.54) is 17.9 Å². The number of hydrogen-bond donors (Lipinski definition) is 0. The van der Waals surface area contributed by atoms with Crippen LogP contribution < -0.4 is 0 Å². The zero-order chi connectivity index (χ0) is 12.8. The van der Waals surface area contributed by atoms with E-state index >= 15 is 0 Å². The molecule has 1 aromatic rings. The van der Waals surface area contributed by atoms with Gasteiger partial charge in [0.25, 0.3) is 0 Å². The molecule has 0 aliphatic rings. The van der Waals surface area contributed by atoms with Crippen LogP contribution >= 0.6 is 0 Å². The Hall–Kier alpha value is -1.85. The van der Waals surface area contributed by atoms with Crippen molar-refractivity contribution in [1.82, 2.24) is 9.78 Å². The second-order valence-corrected chi connectivity index (χ2v) is 3.35. The summed E-state index contributed by atoms with van der Waals surface area (Å²) in [6.07, 6.45) is 2.11. The van der Waals surface area contributed by atoms with Gasteiger partial charge in [0.05, 0.1) is 13.7 Å². The number of hydrogen-bond acceptors (Lipinski definition) is 5. The van der Waals surface area contributed by atoms with Crippen LogP contribution in [0.3, 0.4) is 0 Å². The Morgan fingerprint density at radius 2 is 2.18 bits per heavy atom. The average Bonchev–Trinajstić information content (AvgIpc) is 2.79. The normalized spacial score (nSPS) is 11.9. The Balaban J connectivity index is 2.86. The number of carbonyl (C=O) groups excluding carboxylic acids is 2. The first-order valence-electron chi connectivity index (χ1n) is 5.44. The van der Waals surface area contributed by atoms with Gasteiger partial charge in [-0.05, 0) is 19.4 Å². The molecule has 0 radical (unpaired) electrons. The highest BCUT2D eigenvalue weighted by Gasteiger charge is 2.21. The monoisotopic (exact) mass is 240 g/mol. The van der Waals surface area contributed by atoms with E-state index in [4.69, 9.17) is 4.74 Å². The average molecular weight is 240 g/mol. The van der Waals surface area contributed by atoms with E-state index in [1.807, 2.05) is 6.92 Å². The van der Waals surface area contributed by atoms with Crippen molar-refractivity contribution < 1.29 is 19.1 Å². The van der Waals surface area contributed by atoms with E-state index in [-0.39, 0.29) is 11.7 Å². The zero-order valence-electron chi connectivity index (χ0n) is 10.2. The fourth-order valence-electron chi connectivity index (χ4n) is 1.43. The third kappa shape index (κ3) is 3.05. The lowest BCUT2D eigenvalue weighted by atomic mass is 10.2. The summed E-state index contributed by atoms with van der Waals surface area (Å²) in [5.74, 6) is -0.878. The third-order valence-electron chi connectivity index (χ3n) is 2.27. The summed E-state index contributed by atoms with van der Waals surface area (Å²) < 4.78 is 10.9. The van der Waals surface area contributed by atoms with Crippen molar-refractivity contribution in [3.63, 3.8) is 0 Å². The van der Waals surface area contributed by atoms with E-state index in [0.29, 0.717) is 13.0 Å². The highest BCUT2D eigenvalue weighted by Crippen LogP contribution is 2.13. The van der Waals surface area contributed by atoms with Crippen molar-refractivity contribution in [2.24, 2.45) is 0 Å². The molecule has 6 heteroatoms. The molecule has 17 heavy (non-hydrogen) atoms. The van der Waals surface area contributed by atoms with Gasteiger partial charge in [0, 0.05) is 6.20 Å². The molecule has 0 unspecified atom stereocenters. The first kappa shape index (κ1) is 13.2. The Morgan fingerprint density at radius 3 is 2.71 bits per heavy atom. The van der Waals surface area contributed by atoms with E-state index in [9.17, 15) is 9.59 Å². The van der Waals surface area contributed by atoms with Crippen LogP contribution in [0, 0.1) is 0 Å². The van der Waals surface area contributed by atoms with Crippen molar-refractivity contribution in [3.05, 3.63) is 18.0 Å². The summed E-state index contributed by atoms with van der Waals surface area (Å²) >= 11 is 0. The molecule has 1 atom stereocenters. The molecule has 0 aliphatic heterocycles. The quantitative estimate of drug-likeness (QED) is 0.723. The number of nitrogens with zero attached hydrogens (tertiary/aromatic N) is 2. The summed E-state index contributed by atoms with van der Waals surface area (Å²) in [5, 5.41) is 4.00. The van der Waals surface area contributed by atoms with Crippen molar-refractivity contribution in [2.75, 3.05) is 13.7 Å². The van der Waals surface area contributed by atoms with E-state index in [2.05, 4.69) is 9.84 Å². The summed E-state index contributed by atoms with van der Waals surface area (Å²) in [6.45, 7) is 3.91. The Labute approximate surface area is 99.5 Å². The first-order chi connectivity index (χ1) is 8.13. The minimum atomic E-state index is -0.525. The number of methoxy groups -OCH3 is 1. The molecule has 0 bridgehead atoms. The van der Waals surface area contributed by atoms with Crippen molar-refractivity contribution in [3.8, 4) is 0 Å². The summed E-state index contributed by atoms with van der Waals surface area (Å²) in [6, 6.07) is 1.00. The smallest absolute Gasteiger partial charge is 0.358 e. The second kappa shape index (κ2) is 6.03. The highest BCUT2D eigenvalue weighted by molar-refractivity contribution is 5.87. The molecular formula is C11H16N2O4. The number of carbonyl (C=O) groups is 2. The summed E-state index contributed by atoms with van der Waals surface area (Å²) in [5.41, 5.74) is 0.176. The van der Waals surface area contributed by atoms with Gasteiger partial charge in [-0.3, -0.25) is 4.68 Å². The van der Waals surface area contributed by atoms with Gasteiger partial charge in [-0.2, -0.15) is 5.10 Å². The third-order valence-corrected chi connectivity index (χ3v) is 2.27. The van der Waals surface area contributed by atoms with Crippen molar-refractivity contribution in [1.29, 1.82) is 0 Å². The molecule has 1 heterocycles. The highest BCUT2D eigenvalue weighted by atomic mass is 16.5. The molecule has 0 aliphatic carbocycles. The summed E-state index contributed by atoms with van der Waals surface area (Å²) in [4.78, 5) is 22.8. The predicted molar refractivity (Wildman–Crippen MR) is 59.5 cm³/mol. The van der Waals surface area contributed by atoms with Gasteiger partial charge in [-0.15, -0.1) is 0 Å². The van der Waals surface area contributed by atoms with Gasteiger partial charge < -0.3 is 9.47 Å². The van der Waals surface area contributed by atoms with Crippen LogP contribution in [-0.4, -0.2) is 35.4 Å². The topological polar surface area (TPSA) is 70.4 Å². The van der Waals surface area contributed by atoms with E-state index in [1.54, 1.807) is 13.1 Å². The SMILES string of the molecule is CCOC(=O)[C@@H](CC)n1ccc(C(=O)OC)n1. The largest absolute Gasteiger partial charge is 0.464 e. The molecule has 0 spiro atoms. The van der Waals surface area contributed by atoms with Crippen LogP contribution in [0.2, 0.25) is 0 Å². The second-order valence-electron chi connectivity index (χ2n) is 3.35. The molecule has 0 fully saturated rings. The minimum absolute atomic E-state index is 0.176. The predicted octanol–water partition coefficient (Wildman–Crippen LogP) is 1.18. The lowest BCUT2D eigenvalue weighted by molar-refractivity contribution is -0.147. The Bertz CT molecular complexity index is 400. The number of esters is 2. The molecule has 94 valence electrons. The molecule has 6 nitrogen and oxygen atoms in total. The standard InChI is InChI=1S/C11H16N2O4/c1-4-9(11(15)17-5-2)13-7-6-8(12-13)10(14)16-3/h6-7,9H,4-5H2,1-3H3/t9-/m1/s1. The maximum atomic E-state index is 11.6. The zero-order valence-corrected chi connectivity index (χ0v) is 10.2. The number of ether oxygens (including phenoxy) is 2. The molecule has 0 saturated heterocycles. The molecule has 1 aromatic heterocycles. The maximum Gasteiger partial charge on any atom is 0.358 e. The Kier molecular flexibility index (Phi) is 4.68. The van der Waals surface area contributed by atoms with Gasteiger partial charge in [-0.1, -0.05) is 6.92 Å². The van der Waals surface area contributed by atoms with Crippen LogP contribution in [0.5, 0.6) is 0 Å². The van der Waals surface area contributed by atoms with Gasteiger partial charge in [0.15, 0.2) is 5.69 Å². The van der Waals surface area contributed by atoms with Crippen LogP contribution in [0.15, 0.2) is 12.3 Å². The van der Waals surface area contributed by atoms with Crippen LogP contribution in [0.4, 0.5) is 0 Å². The lowest BCUT2D eigenvalue weighted by Crippen LogP contribution is -2.22. The van der Waals surface area contributed by atoms with Gasteiger partial charge in [-0.25, -0.2) is 9.59 Å². The number of aromatic nitrogens is 2. The molecule has 1 rings (SSSR count). The molecule has 0 N–H and O–H groups in total. The number of rotatable bonds is 5. The molecule has 0 amide bonds. The van der Waals surface area contributed by atoms with Gasteiger partial charge in [0.1, 0.15) is 6.04 Å². The van der Waals surface area contributed by atoms with Crippen molar-refractivity contribution >= 4 is 11.9 Å². The fraction of sp³-hybridized carbons (Fsp3) is 0.545. The molecule has 0 aromatic carbocycles. The fourth-order valence-corrected chi connectivity index (χ4v) is 1.43. The first-order valence-corrected chi connectivity index (χ1v) is 5.44. The van der Waals surface area contributed by atoms with E-state index < -0.39 is 12.0 Å². The van der Waals surface area contributed by atoms with Crippen LogP contribution in [0.25, 0.3) is 0 Å². The Morgan fingerprint density at radius 1 is 1.47 bits per heavy atom. The van der Waals surface area contributed by atoms with Gasteiger partial charge >= 0.3 is 11.9 Å². The van der Waals surface area contributed by atoms with E-state index in [0.717, 1.165) is 0 Å². The molecular weight excluding hydrogens is 224 g/mol.